The van der Waals surface area contributed by atoms with E-state index in [9.17, 15) is 5.11 Å². The molecule has 0 amide bonds. The van der Waals surface area contributed by atoms with Crippen molar-refractivity contribution in [1.82, 2.24) is 0 Å². The molecular weight excluding hydrogens is 228 g/mol. The SMILES string of the molecule is C/C(=C\[C@H](C)O)c1ccccc1Br. The lowest BCUT2D eigenvalue weighted by Gasteiger charge is -2.05. The Hall–Kier alpha value is -0.600. The fraction of sp³-hybridized carbons (Fsp3) is 0.273. The van der Waals surface area contributed by atoms with E-state index in [1.165, 1.54) is 0 Å². The molecule has 1 rings (SSSR count). The number of hydrogen-bond donors (Lipinski definition) is 1. The van der Waals surface area contributed by atoms with Crippen LogP contribution in [0.2, 0.25) is 0 Å². The Morgan fingerprint density at radius 3 is 2.62 bits per heavy atom. The van der Waals surface area contributed by atoms with Gasteiger partial charge in [-0.1, -0.05) is 40.2 Å². The molecule has 0 spiro atoms. The van der Waals surface area contributed by atoms with Crippen LogP contribution in [0.5, 0.6) is 0 Å². The summed E-state index contributed by atoms with van der Waals surface area (Å²) in [5.41, 5.74) is 2.21. The van der Waals surface area contributed by atoms with Gasteiger partial charge < -0.3 is 5.11 Å². The fourth-order valence-electron chi connectivity index (χ4n) is 1.23. The molecule has 1 nitrogen and oxygen atoms in total. The van der Waals surface area contributed by atoms with Gasteiger partial charge in [0.05, 0.1) is 6.10 Å². The largest absolute Gasteiger partial charge is 0.389 e. The number of aliphatic hydroxyl groups excluding tert-OH is 1. The number of benzene rings is 1. The number of aliphatic hydroxyl groups is 1. The minimum atomic E-state index is -0.396. The monoisotopic (exact) mass is 240 g/mol. The Balaban J connectivity index is 3.02. The smallest absolute Gasteiger partial charge is 0.0698 e. The lowest BCUT2D eigenvalue weighted by atomic mass is 10.1. The second kappa shape index (κ2) is 4.58. The highest BCUT2D eigenvalue weighted by Gasteiger charge is 2.00. The van der Waals surface area contributed by atoms with E-state index < -0.39 is 6.10 Å². The highest BCUT2D eigenvalue weighted by atomic mass is 79.9. The van der Waals surface area contributed by atoms with E-state index in [1.54, 1.807) is 6.92 Å². The number of allylic oxidation sites excluding steroid dienone is 1. The topological polar surface area (TPSA) is 20.2 Å². The summed E-state index contributed by atoms with van der Waals surface area (Å²) in [5.74, 6) is 0. The Bertz CT molecular complexity index is 316. The van der Waals surface area contributed by atoms with Gasteiger partial charge in [-0.25, -0.2) is 0 Å². The van der Waals surface area contributed by atoms with Gasteiger partial charge in [-0.05, 0) is 31.1 Å². The van der Waals surface area contributed by atoms with Crippen LogP contribution < -0.4 is 0 Å². The summed E-state index contributed by atoms with van der Waals surface area (Å²) in [6.07, 6.45) is 1.44. The Morgan fingerprint density at radius 1 is 1.46 bits per heavy atom. The summed E-state index contributed by atoms with van der Waals surface area (Å²) in [7, 11) is 0. The van der Waals surface area contributed by atoms with Gasteiger partial charge in [0.15, 0.2) is 0 Å². The molecule has 0 bridgehead atoms. The molecule has 2 heteroatoms. The van der Waals surface area contributed by atoms with E-state index in [-0.39, 0.29) is 0 Å². The second-order valence-electron chi connectivity index (χ2n) is 3.07. The average molecular weight is 241 g/mol. The molecule has 1 aromatic rings. The first-order valence-corrected chi connectivity index (χ1v) is 5.02. The van der Waals surface area contributed by atoms with Crippen molar-refractivity contribution < 1.29 is 5.11 Å². The Labute approximate surface area is 87.2 Å². The highest BCUT2D eigenvalue weighted by molar-refractivity contribution is 9.10. The average Bonchev–Trinajstić information content (AvgIpc) is 2.03. The van der Waals surface area contributed by atoms with Crippen LogP contribution in [0.25, 0.3) is 5.57 Å². The third-order valence-corrected chi connectivity index (χ3v) is 2.48. The van der Waals surface area contributed by atoms with Crippen molar-refractivity contribution in [3.8, 4) is 0 Å². The molecule has 0 aliphatic rings. The number of halogens is 1. The molecule has 0 unspecified atom stereocenters. The van der Waals surface area contributed by atoms with Crippen LogP contribution in [0.3, 0.4) is 0 Å². The molecule has 1 aromatic carbocycles. The Kier molecular flexibility index (Phi) is 3.70. The van der Waals surface area contributed by atoms with E-state index in [4.69, 9.17) is 0 Å². The third kappa shape index (κ3) is 2.98. The molecule has 70 valence electrons. The molecule has 0 radical (unpaired) electrons. The minimum absolute atomic E-state index is 0.396. The van der Waals surface area contributed by atoms with Crippen molar-refractivity contribution in [2.75, 3.05) is 0 Å². The molecule has 13 heavy (non-hydrogen) atoms. The van der Waals surface area contributed by atoms with E-state index in [2.05, 4.69) is 15.9 Å². The fourth-order valence-corrected chi connectivity index (χ4v) is 1.83. The molecule has 0 aliphatic carbocycles. The molecule has 1 atom stereocenters. The molecule has 0 fully saturated rings. The van der Waals surface area contributed by atoms with Crippen LogP contribution in [-0.4, -0.2) is 11.2 Å². The zero-order valence-corrected chi connectivity index (χ0v) is 9.38. The zero-order chi connectivity index (χ0) is 9.84. The van der Waals surface area contributed by atoms with Gasteiger partial charge in [-0.2, -0.15) is 0 Å². The van der Waals surface area contributed by atoms with Crippen LogP contribution >= 0.6 is 15.9 Å². The van der Waals surface area contributed by atoms with Crippen LogP contribution in [0.4, 0.5) is 0 Å². The first-order valence-electron chi connectivity index (χ1n) is 4.22. The summed E-state index contributed by atoms with van der Waals surface area (Å²) < 4.78 is 1.06. The van der Waals surface area contributed by atoms with Crippen LogP contribution in [0.15, 0.2) is 34.8 Å². The van der Waals surface area contributed by atoms with E-state index >= 15 is 0 Å². The predicted octanol–water partition coefficient (Wildman–Crippen LogP) is 3.23. The minimum Gasteiger partial charge on any atom is -0.389 e. The predicted molar refractivity (Wildman–Crippen MR) is 59.5 cm³/mol. The van der Waals surface area contributed by atoms with Gasteiger partial charge in [-0.15, -0.1) is 0 Å². The van der Waals surface area contributed by atoms with Gasteiger partial charge in [0, 0.05) is 4.47 Å². The molecule has 0 saturated carbocycles. The molecule has 0 heterocycles. The maximum Gasteiger partial charge on any atom is 0.0698 e. The summed E-state index contributed by atoms with van der Waals surface area (Å²) in [4.78, 5) is 0. The van der Waals surface area contributed by atoms with Crippen LogP contribution in [0, 0.1) is 0 Å². The zero-order valence-electron chi connectivity index (χ0n) is 7.79. The first kappa shape index (κ1) is 10.5. The van der Waals surface area contributed by atoms with Crippen molar-refractivity contribution >= 4 is 21.5 Å². The Morgan fingerprint density at radius 2 is 2.08 bits per heavy atom. The van der Waals surface area contributed by atoms with Crippen molar-refractivity contribution in [3.63, 3.8) is 0 Å². The van der Waals surface area contributed by atoms with Crippen molar-refractivity contribution in [1.29, 1.82) is 0 Å². The molecule has 0 aromatic heterocycles. The summed E-state index contributed by atoms with van der Waals surface area (Å²) in [6.45, 7) is 3.74. The van der Waals surface area contributed by atoms with E-state index in [1.807, 2.05) is 37.3 Å². The summed E-state index contributed by atoms with van der Waals surface area (Å²) in [5, 5.41) is 9.18. The second-order valence-corrected chi connectivity index (χ2v) is 3.92. The summed E-state index contributed by atoms with van der Waals surface area (Å²) in [6, 6.07) is 7.98. The third-order valence-electron chi connectivity index (χ3n) is 1.79. The van der Waals surface area contributed by atoms with E-state index in [0.29, 0.717) is 0 Å². The van der Waals surface area contributed by atoms with Gasteiger partial charge >= 0.3 is 0 Å². The standard InChI is InChI=1S/C11H13BrO/c1-8(7-9(2)13)10-5-3-4-6-11(10)12/h3-7,9,13H,1-2H3/b8-7+/t9-/m0/s1. The lowest BCUT2D eigenvalue weighted by molar-refractivity contribution is 0.244. The van der Waals surface area contributed by atoms with Crippen molar-refractivity contribution in [2.24, 2.45) is 0 Å². The quantitative estimate of drug-likeness (QED) is 0.842. The van der Waals surface area contributed by atoms with Gasteiger partial charge in [0.2, 0.25) is 0 Å². The van der Waals surface area contributed by atoms with Crippen molar-refractivity contribution in [3.05, 3.63) is 40.4 Å². The lowest BCUT2D eigenvalue weighted by Crippen LogP contribution is -1.94. The van der Waals surface area contributed by atoms with Crippen LogP contribution in [-0.2, 0) is 0 Å². The number of hydrogen-bond acceptors (Lipinski definition) is 1. The normalized spacial score (nSPS) is 14.3. The van der Waals surface area contributed by atoms with Gasteiger partial charge in [0.1, 0.15) is 0 Å². The molecule has 1 N–H and O–H groups in total. The molecule has 0 saturated heterocycles. The maximum atomic E-state index is 9.18. The van der Waals surface area contributed by atoms with Gasteiger partial charge in [0.25, 0.3) is 0 Å². The van der Waals surface area contributed by atoms with Crippen molar-refractivity contribution in [2.45, 2.75) is 20.0 Å². The first-order chi connectivity index (χ1) is 6.11. The summed E-state index contributed by atoms with van der Waals surface area (Å²) >= 11 is 3.46. The van der Waals surface area contributed by atoms with Crippen LogP contribution in [0.1, 0.15) is 19.4 Å². The number of rotatable bonds is 2. The molecular formula is C11H13BrO. The highest BCUT2D eigenvalue weighted by Crippen LogP contribution is 2.23. The van der Waals surface area contributed by atoms with Gasteiger partial charge in [-0.3, -0.25) is 0 Å². The maximum absolute atomic E-state index is 9.18. The van der Waals surface area contributed by atoms with E-state index in [0.717, 1.165) is 15.6 Å². The molecule has 0 aliphatic heterocycles.